The summed E-state index contributed by atoms with van der Waals surface area (Å²) in [6.45, 7) is 1.94. The lowest BCUT2D eigenvalue weighted by Gasteiger charge is -2.14. The highest BCUT2D eigenvalue weighted by Gasteiger charge is 2.34. The molecule has 3 rings (SSSR count). The minimum atomic E-state index is -0.370. The van der Waals surface area contributed by atoms with E-state index in [-0.39, 0.29) is 17.4 Å². The lowest BCUT2D eigenvalue weighted by atomic mass is 10.2. The van der Waals surface area contributed by atoms with Gasteiger partial charge in [0.25, 0.3) is 11.8 Å². The zero-order valence-corrected chi connectivity index (χ0v) is 11.6. The van der Waals surface area contributed by atoms with Crippen molar-refractivity contribution >= 4 is 34.9 Å². The molecule has 0 radical (unpaired) electrons. The van der Waals surface area contributed by atoms with Crippen LogP contribution in [0.25, 0.3) is 6.08 Å². The van der Waals surface area contributed by atoms with E-state index in [1.165, 1.54) is 16.3 Å². The monoisotopic (exact) mass is 284 g/mol. The summed E-state index contributed by atoms with van der Waals surface area (Å²) in [6.07, 6.45) is 1.62. The maximum absolute atomic E-state index is 12.3. The molecule has 1 fully saturated rings. The molecule has 5 heteroatoms. The minimum Gasteiger partial charge on any atom is -0.267 e. The molecule has 1 saturated heterocycles. The Morgan fingerprint density at radius 1 is 1.20 bits per heavy atom. The molecule has 1 aliphatic heterocycles. The molecule has 1 N–H and O–H groups in total. The van der Waals surface area contributed by atoms with E-state index in [4.69, 9.17) is 0 Å². The highest BCUT2D eigenvalue weighted by molar-refractivity contribution is 7.10. The third-order valence-corrected chi connectivity index (χ3v) is 3.80. The highest BCUT2D eigenvalue weighted by Crippen LogP contribution is 2.23. The van der Waals surface area contributed by atoms with Crippen molar-refractivity contribution in [3.05, 3.63) is 57.8 Å². The molecule has 2 heterocycles. The van der Waals surface area contributed by atoms with E-state index in [2.05, 4.69) is 5.43 Å². The second kappa shape index (κ2) is 4.94. The van der Waals surface area contributed by atoms with Crippen molar-refractivity contribution < 1.29 is 9.59 Å². The standard InChI is InChI=1S/C15H12N2O2S/c1-10-4-2-5-11(8-10)17-15(19)13(14(18)16-17)9-12-6-3-7-20-12/h2-9H,1H3,(H,16,18). The van der Waals surface area contributed by atoms with E-state index in [0.29, 0.717) is 5.69 Å². The average Bonchev–Trinajstić information content (AvgIpc) is 3.02. The van der Waals surface area contributed by atoms with Crippen LogP contribution in [0.5, 0.6) is 0 Å². The zero-order valence-electron chi connectivity index (χ0n) is 10.8. The maximum Gasteiger partial charge on any atom is 0.282 e. The molecule has 2 amide bonds. The minimum absolute atomic E-state index is 0.161. The number of nitrogens with zero attached hydrogens (tertiary/aromatic N) is 1. The van der Waals surface area contributed by atoms with Gasteiger partial charge in [-0.15, -0.1) is 11.3 Å². The van der Waals surface area contributed by atoms with Crippen LogP contribution in [0.4, 0.5) is 5.69 Å². The number of benzene rings is 1. The Morgan fingerprint density at radius 3 is 2.75 bits per heavy atom. The number of thiophene rings is 1. The van der Waals surface area contributed by atoms with E-state index in [9.17, 15) is 9.59 Å². The Morgan fingerprint density at radius 2 is 2.05 bits per heavy atom. The lowest BCUT2D eigenvalue weighted by Crippen LogP contribution is -2.35. The molecule has 100 valence electrons. The Balaban J connectivity index is 1.95. The number of carbonyl (C=O) groups is 2. The summed E-state index contributed by atoms with van der Waals surface area (Å²) in [4.78, 5) is 25.2. The number of aryl methyl sites for hydroxylation is 1. The van der Waals surface area contributed by atoms with Crippen LogP contribution in [-0.4, -0.2) is 11.8 Å². The van der Waals surface area contributed by atoms with Gasteiger partial charge in [-0.2, -0.15) is 0 Å². The summed E-state index contributed by atoms with van der Waals surface area (Å²) in [6, 6.07) is 11.2. The predicted octanol–water partition coefficient (Wildman–Crippen LogP) is 2.52. The van der Waals surface area contributed by atoms with Crippen LogP contribution < -0.4 is 10.4 Å². The summed E-state index contributed by atoms with van der Waals surface area (Å²) < 4.78 is 0. The Hall–Kier alpha value is -2.40. The summed E-state index contributed by atoms with van der Waals surface area (Å²) >= 11 is 1.49. The van der Waals surface area contributed by atoms with Crippen LogP contribution in [0.2, 0.25) is 0 Å². The number of hydrogen-bond acceptors (Lipinski definition) is 3. The van der Waals surface area contributed by atoms with Crippen molar-refractivity contribution in [2.75, 3.05) is 5.01 Å². The molecule has 0 bridgehead atoms. The van der Waals surface area contributed by atoms with Crippen molar-refractivity contribution in [3.63, 3.8) is 0 Å². The molecule has 0 saturated carbocycles. The number of nitrogens with one attached hydrogen (secondary N) is 1. The van der Waals surface area contributed by atoms with Crippen molar-refractivity contribution in [1.29, 1.82) is 0 Å². The normalized spacial score (nSPS) is 16.9. The van der Waals surface area contributed by atoms with Gasteiger partial charge >= 0.3 is 0 Å². The molecule has 20 heavy (non-hydrogen) atoms. The van der Waals surface area contributed by atoms with Gasteiger partial charge in [-0.05, 0) is 42.1 Å². The quantitative estimate of drug-likeness (QED) is 0.680. The second-order valence-electron chi connectivity index (χ2n) is 4.49. The van der Waals surface area contributed by atoms with Gasteiger partial charge in [-0.1, -0.05) is 18.2 Å². The van der Waals surface area contributed by atoms with Crippen molar-refractivity contribution in [1.82, 2.24) is 5.43 Å². The Labute approximate surface area is 120 Å². The summed E-state index contributed by atoms with van der Waals surface area (Å²) in [5.41, 5.74) is 4.44. The molecule has 0 spiro atoms. The topological polar surface area (TPSA) is 49.4 Å². The van der Waals surface area contributed by atoms with E-state index < -0.39 is 0 Å². The predicted molar refractivity (Wildman–Crippen MR) is 79.1 cm³/mol. The molecule has 1 aliphatic rings. The van der Waals surface area contributed by atoms with Gasteiger partial charge in [0, 0.05) is 4.88 Å². The SMILES string of the molecule is Cc1cccc(N2NC(=O)C(=Cc3cccs3)C2=O)c1. The fraction of sp³-hybridized carbons (Fsp3) is 0.0667. The van der Waals surface area contributed by atoms with Crippen LogP contribution in [0, 0.1) is 6.92 Å². The third kappa shape index (κ3) is 2.23. The first-order chi connectivity index (χ1) is 9.65. The Kier molecular flexibility index (Phi) is 3.12. The third-order valence-electron chi connectivity index (χ3n) is 2.98. The number of anilines is 1. The second-order valence-corrected chi connectivity index (χ2v) is 5.47. The van der Waals surface area contributed by atoms with Gasteiger partial charge in [0.1, 0.15) is 5.57 Å². The van der Waals surface area contributed by atoms with Gasteiger partial charge in [0.15, 0.2) is 0 Å². The molecular formula is C15H12N2O2S. The first-order valence-electron chi connectivity index (χ1n) is 6.12. The molecular weight excluding hydrogens is 272 g/mol. The molecule has 0 unspecified atom stereocenters. The van der Waals surface area contributed by atoms with Crippen LogP contribution in [-0.2, 0) is 9.59 Å². The fourth-order valence-electron chi connectivity index (χ4n) is 2.02. The van der Waals surface area contributed by atoms with E-state index in [0.717, 1.165) is 10.4 Å². The smallest absolute Gasteiger partial charge is 0.267 e. The van der Waals surface area contributed by atoms with Gasteiger partial charge < -0.3 is 0 Å². The van der Waals surface area contributed by atoms with Crippen LogP contribution in [0.15, 0.2) is 47.4 Å². The zero-order chi connectivity index (χ0) is 14.1. The molecule has 4 nitrogen and oxygen atoms in total. The van der Waals surface area contributed by atoms with Gasteiger partial charge in [-0.3, -0.25) is 15.0 Å². The van der Waals surface area contributed by atoms with Crippen molar-refractivity contribution in [2.45, 2.75) is 6.92 Å². The van der Waals surface area contributed by atoms with Crippen LogP contribution >= 0.6 is 11.3 Å². The van der Waals surface area contributed by atoms with Gasteiger partial charge in [0.05, 0.1) is 5.69 Å². The fourth-order valence-corrected chi connectivity index (χ4v) is 2.68. The van der Waals surface area contributed by atoms with Gasteiger partial charge in [-0.25, -0.2) is 5.01 Å². The molecule has 0 atom stereocenters. The maximum atomic E-state index is 12.3. The molecule has 2 aromatic rings. The highest BCUT2D eigenvalue weighted by atomic mass is 32.1. The van der Waals surface area contributed by atoms with E-state index in [1.54, 1.807) is 12.1 Å². The molecule has 1 aromatic heterocycles. The number of rotatable bonds is 2. The summed E-state index contributed by atoms with van der Waals surface area (Å²) in [7, 11) is 0. The first-order valence-corrected chi connectivity index (χ1v) is 7.00. The number of amides is 2. The number of carbonyl (C=O) groups excluding carboxylic acids is 2. The van der Waals surface area contributed by atoms with Crippen LogP contribution in [0.1, 0.15) is 10.4 Å². The molecule has 1 aromatic carbocycles. The number of hydrogen-bond donors (Lipinski definition) is 1. The Bertz CT molecular complexity index is 704. The van der Waals surface area contributed by atoms with Crippen molar-refractivity contribution in [3.8, 4) is 0 Å². The van der Waals surface area contributed by atoms with Gasteiger partial charge in [0.2, 0.25) is 0 Å². The summed E-state index contributed by atoms with van der Waals surface area (Å²) in [5, 5.41) is 3.19. The van der Waals surface area contributed by atoms with E-state index in [1.807, 2.05) is 42.6 Å². The first kappa shape index (κ1) is 12.6. The average molecular weight is 284 g/mol. The summed E-state index contributed by atoms with van der Waals surface area (Å²) in [5.74, 6) is -0.695. The molecule has 0 aliphatic carbocycles. The van der Waals surface area contributed by atoms with Crippen LogP contribution in [0.3, 0.4) is 0 Å². The van der Waals surface area contributed by atoms with Crippen molar-refractivity contribution in [2.24, 2.45) is 0 Å². The largest absolute Gasteiger partial charge is 0.282 e. The number of hydrazine groups is 1. The lowest BCUT2D eigenvalue weighted by molar-refractivity contribution is -0.117. The van der Waals surface area contributed by atoms with E-state index >= 15 is 0 Å².